The Bertz CT molecular complexity index is 203. The first-order valence-electron chi connectivity index (χ1n) is 6.61. The highest BCUT2D eigenvalue weighted by Gasteiger charge is 2.01. The lowest BCUT2D eigenvalue weighted by molar-refractivity contribution is 0.293. The normalized spacial score (nSPS) is 12.3. The van der Waals surface area contributed by atoms with Gasteiger partial charge in [0.2, 0.25) is 5.96 Å². The standard InChI is InChI=1S/C12H29N5/c1-5-8-17(6-2)9-7-14-12(16-13)15-10-11(3)4/h11H,5-10,13H2,1-4H3,(H2,14,15,16). The van der Waals surface area contributed by atoms with Crippen LogP contribution in [0, 0.1) is 5.92 Å². The van der Waals surface area contributed by atoms with Gasteiger partial charge < -0.3 is 10.2 Å². The van der Waals surface area contributed by atoms with Crippen molar-refractivity contribution in [2.24, 2.45) is 16.8 Å². The number of nitrogens with two attached hydrogens (primary N) is 1. The molecule has 0 amide bonds. The molecule has 0 unspecified atom stereocenters. The molecule has 0 aromatic heterocycles. The van der Waals surface area contributed by atoms with E-state index in [9.17, 15) is 0 Å². The molecule has 4 N–H and O–H groups in total. The van der Waals surface area contributed by atoms with Crippen LogP contribution in [0.4, 0.5) is 0 Å². The van der Waals surface area contributed by atoms with E-state index in [1.807, 2.05) is 0 Å². The van der Waals surface area contributed by atoms with Gasteiger partial charge in [-0.05, 0) is 25.4 Å². The van der Waals surface area contributed by atoms with Crippen LogP contribution in [0.15, 0.2) is 4.99 Å². The Hall–Kier alpha value is -0.810. The van der Waals surface area contributed by atoms with Gasteiger partial charge >= 0.3 is 0 Å². The second-order valence-corrected chi connectivity index (χ2v) is 4.59. The number of nitrogens with zero attached hydrogens (tertiary/aromatic N) is 2. The van der Waals surface area contributed by atoms with Crippen molar-refractivity contribution in [2.45, 2.75) is 34.1 Å². The Morgan fingerprint density at radius 2 is 2.00 bits per heavy atom. The molecule has 102 valence electrons. The molecular formula is C12H29N5. The minimum absolute atomic E-state index is 0.549. The molecule has 0 atom stereocenters. The van der Waals surface area contributed by atoms with E-state index >= 15 is 0 Å². The van der Waals surface area contributed by atoms with Crippen LogP contribution >= 0.6 is 0 Å². The number of likely N-dealkylation sites (N-methyl/N-ethyl adjacent to an activating group) is 1. The first kappa shape index (κ1) is 16.2. The Labute approximate surface area is 106 Å². The summed E-state index contributed by atoms with van der Waals surface area (Å²) in [6.07, 6.45) is 1.19. The number of rotatable bonds is 8. The van der Waals surface area contributed by atoms with Crippen molar-refractivity contribution in [1.29, 1.82) is 0 Å². The lowest BCUT2D eigenvalue weighted by Gasteiger charge is -2.20. The van der Waals surface area contributed by atoms with Gasteiger partial charge in [-0.2, -0.15) is 0 Å². The topological polar surface area (TPSA) is 65.7 Å². The molecule has 0 aromatic carbocycles. The van der Waals surface area contributed by atoms with Crippen molar-refractivity contribution in [3.63, 3.8) is 0 Å². The van der Waals surface area contributed by atoms with Crippen molar-refractivity contribution >= 4 is 5.96 Å². The SMILES string of the molecule is CCCN(CC)CCNC(=NCC(C)C)NN. The molecule has 5 nitrogen and oxygen atoms in total. The van der Waals surface area contributed by atoms with Crippen molar-refractivity contribution in [1.82, 2.24) is 15.6 Å². The third kappa shape index (κ3) is 8.94. The minimum Gasteiger partial charge on any atom is -0.354 e. The Morgan fingerprint density at radius 3 is 2.47 bits per heavy atom. The lowest BCUT2D eigenvalue weighted by atomic mass is 10.2. The monoisotopic (exact) mass is 243 g/mol. The van der Waals surface area contributed by atoms with Crippen LogP contribution in [-0.4, -0.2) is 43.6 Å². The van der Waals surface area contributed by atoms with Crippen LogP contribution in [0.3, 0.4) is 0 Å². The second kappa shape index (κ2) is 10.4. The van der Waals surface area contributed by atoms with Crippen LogP contribution < -0.4 is 16.6 Å². The minimum atomic E-state index is 0.549. The summed E-state index contributed by atoms with van der Waals surface area (Å²) in [6.45, 7) is 13.6. The van der Waals surface area contributed by atoms with Gasteiger partial charge in [0.15, 0.2) is 0 Å². The quantitative estimate of drug-likeness (QED) is 0.255. The van der Waals surface area contributed by atoms with Gasteiger partial charge in [0.25, 0.3) is 0 Å². The van der Waals surface area contributed by atoms with E-state index in [1.54, 1.807) is 0 Å². The third-order valence-electron chi connectivity index (χ3n) is 2.46. The average molecular weight is 243 g/mol. The predicted octanol–water partition coefficient (Wildman–Crippen LogP) is 0.783. The van der Waals surface area contributed by atoms with Gasteiger partial charge in [-0.3, -0.25) is 10.4 Å². The molecule has 0 aliphatic carbocycles. The fraction of sp³-hybridized carbons (Fsp3) is 0.917. The summed E-state index contributed by atoms with van der Waals surface area (Å²) >= 11 is 0. The fourth-order valence-corrected chi connectivity index (χ4v) is 1.50. The zero-order valence-electron chi connectivity index (χ0n) is 11.8. The molecule has 0 spiro atoms. The molecule has 0 aliphatic rings. The smallest absolute Gasteiger partial charge is 0.205 e. The molecule has 0 bridgehead atoms. The van der Waals surface area contributed by atoms with Gasteiger partial charge in [-0.25, -0.2) is 5.84 Å². The molecule has 0 radical (unpaired) electrons. The Balaban J connectivity index is 3.85. The van der Waals surface area contributed by atoms with Crippen molar-refractivity contribution in [2.75, 3.05) is 32.7 Å². The number of hydrogen-bond donors (Lipinski definition) is 3. The highest BCUT2D eigenvalue weighted by atomic mass is 15.3. The molecule has 0 rings (SSSR count). The molecule has 0 heterocycles. The summed E-state index contributed by atoms with van der Waals surface area (Å²) in [7, 11) is 0. The molecule has 0 saturated carbocycles. The highest BCUT2D eigenvalue weighted by Crippen LogP contribution is 1.91. The molecule has 0 aliphatic heterocycles. The largest absolute Gasteiger partial charge is 0.354 e. The lowest BCUT2D eigenvalue weighted by Crippen LogP contribution is -2.44. The molecule has 0 fully saturated rings. The fourth-order valence-electron chi connectivity index (χ4n) is 1.50. The highest BCUT2D eigenvalue weighted by molar-refractivity contribution is 5.79. The average Bonchev–Trinajstić information content (AvgIpc) is 2.31. The summed E-state index contributed by atoms with van der Waals surface area (Å²) in [4.78, 5) is 6.77. The van der Waals surface area contributed by atoms with Crippen molar-refractivity contribution < 1.29 is 0 Å². The van der Waals surface area contributed by atoms with Crippen LogP contribution in [0.2, 0.25) is 0 Å². The van der Waals surface area contributed by atoms with Gasteiger partial charge in [0.05, 0.1) is 0 Å². The van der Waals surface area contributed by atoms with Gasteiger partial charge in [0, 0.05) is 19.6 Å². The summed E-state index contributed by atoms with van der Waals surface area (Å²) in [5, 5.41) is 3.22. The maximum absolute atomic E-state index is 5.41. The van der Waals surface area contributed by atoms with Crippen molar-refractivity contribution in [3.05, 3.63) is 0 Å². The number of guanidine groups is 1. The molecular weight excluding hydrogens is 214 g/mol. The number of hydrogen-bond acceptors (Lipinski definition) is 3. The van der Waals surface area contributed by atoms with Gasteiger partial charge in [-0.15, -0.1) is 0 Å². The predicted molar refractivity (Wildman–Crippen MR) is 74.9 cm³/mol. The number of hydrazine groups is 1. The summed E-state index contributed by atoms with van der Waals surface area (Å²) in [6, 6.07) is 0. The van der Waals surface area contributed by atoms with Gasteiger partial charge in [-0.1, -0.05) is 27.7 Å². The summed E-state index contributed by atoms with van der Waals surface area (Å²) < 4.78 is 0. The molecule has 17 heavy (non-hydrogen) atoms. The first-order chi connectivity index (χ1) is 8.13. The van der Waals surface area contributed by atoms with E-state index in [1.165, 1.54) is 6.42 Å². The molecule has 0 aromatic rings. The molecule has 0 saturated heterocycles. The van der Waals surface area contributed by atoms with Crippen LogP contribution in [-0.2, 0) is 0 Å². The number of nitrogens with one attached hydrogen (secondary N) is 2. The maximum Gasteiger partial charge on any atom is 0.205 e. The maximum atomic E-state index is 5.41. The van der Waals surface area contributed by atoms with Crippen LogP contribution in [0.5, 0.6) is 0 Å². The van der Waals surface area contributed by atoms with Gasteiger partial charge in [0.1, 0.15) is 0 Å². The summed E-state index contributed by atoms with van der Waals surface area (Å²) in [5.41, 5.74) is 2.60. The van der Waals surface area contributed by atoms with E-state index in [4.69, 9.17) is 5.84 Å². The zero-order valence-corrected chi connectivity index (χ0v) is 11.8. The zero-order chi connectivity index (χ0) is 13.1. The molecule has 5 heteroatoms. The Morgan fingerprint density at radius 1 is 1.29 bits per heavy atom. The third-order valence-corrected chi connectivity index (χ3v) is 2.46. The first-order valence-corrected chi connectivity index (χ1v) is 6.61. The Kier molecular flexibility index (Phi) is 9.86. The van der Waals surface area contributed by atoms with Crippen molar-refractivity contribution in [3.8, 4) is 0 Å². The van der Waals surface area contributed by atoms with E-state index < -0.39 is 0 Å². The summed E-state index contributed by atoms with van der Waals surface area (Å²) in [5.74, 6) is 6.65. The van der Waals surface area contributed by atoms with E-state index in [0.29, 0.717) is 11.9 Å². The van der Waals surface area contributed by atoms with E-state index in [-0.39, 0.29) is 0 Å². The van der Waals surface area contributed by atoms with Crippen LogP contribution in [0.25, 0.3) is 0 Å². The second-order valence-electron chi connectivity index (χ2n) is 4.59. The van der Waals surface area contributed by atoms with E-state index in [0.717, 1.165) is 32.7 Å². The van der Waals surface area contributed by atoms with E-state index in [2.05, 4.69) is 48.3 Å². The number of aliphatic imine (C=N–C) groups is 1. The van der Waals surface area contributed by atoms with Crippen LogP contribution in [0.1, 0.15) is 34.1 Å².